The minimum Gasteiger partial charge on any atom is -0.491 e. The second kappa shape index (κ2) is 5.83. The van der Waals surface area contributed by atoms with E-state index in [1.54, 1.807) is 25.2 Å². The second-order valence-corrected chi connectivity index (χ2v) is 3.69. The van der Waals surface area contributed by atoms with E-state index >= 15 is 0 Å². The molecule has 3 nitrogen and oxygen atoms in total. The lowest BCUT2D eigenvalue weighted by Gasteiger charge is -2.07. The van der Waals surface area contributed by atoms with Crippen LogP contribution in [0.3, 0.4) is 0 Å². The van der Waals surface area contributed by atoms with E-state index in [0.29, 0.717) is 28.8 Å². The fourth-order valence-electron chi connectivity index (χ4n) is 0.971. The quantitative estimate of drug-likeness (QED) is 0.888. The molecular formula is C10H11Cl2NO2. The van der Waals surface area contributed by atoms with Gasteiger partial charge in [0.05, 0.1) is 18.1 Å². The van der Waals surface area contributed by atoms with Crippen LogP contribution in [0.4, 0.5) is 0 Å². The average molecular weight is 248 g/mol. The maximum Gasteiger partial charge on any atom is 0.223 e. The normalized spacial score (nSPS) is 9.80. The van der Waals surface area contributed by atoms with Gasteiger partial charge >= 0.3 is 0 Å². The summed E-state index contributed by atoms with van der Waals surface area (Å²) in [4.78, 5) is 10.9. The summed E-state index contributed by atoms with van der Waals surface area (Å²) in [6.45, 7) is 0.293. The third-order valence-corrected chi connectivity index (χ3v) is 2.29. The predicted molar refractivity (Wildman–Crippen MR) is 60.6 cm³/mol. The summed E-state index contributed by atoms with van der Waals surface area (Å²) in [5, 5.41) is 3.50. The van der Waals surface area contributed by atoms with Crippen LogP contribution in [-0.4, -0.2) is 19.6 Å². The van der Waals surface area contributed by atoms with Gasteiger partial charge in [-0.05, 0) is 18.2 Å². The molecule has 0 aliphatic carbocycles. The molecule has 0 unspecified atom stereocenters. The zero-order chi connectivity index (χ0) is 11.3. The molecule has 0 aromatic heterocycles. The molecule has 1 aromatic rings. The molecule has 1 N–H and O–H groups in total. The van der Waals surface area contributed by atoms with Crippen LogP contribution in [0.1, 0.15) is 6.42 Å². The predicted octanol–water partition coefficient (Wildman–Crippen LogP) is 2.51. The van der Waals surface area contributed by atoms with Crippen molar-refractivity contribution in [2.75, 3.05) is 13.7 Å². The third-order valence-electron chi connectivity index (χ3n) is 1.76. The van der Waals surface area contributed by atoms with Gasteiger partial charge in [-0.15, -0.1) is 0 Å². The first-order valence-electron chi connectivity index (χ1n) is 4.42. The Morgan fingerprint density at radius 1 is 1.47 bits per heavy atom. The van der Waals surface area contributed by atoms with Gasteiger partial charge in [0.2, 0.25) is 5.91 Å². The molecule has 5 heteroatoms. The number of halogens is 2. The van der Waals surface area contributed by atoms with Gasteiger partial charge in [0.25, 0.3) is 0 Å². The van der Waals surface area contributed by atoms with Crippen molar-refractivity contribution in [3.05, 3.63) is 28.2 Å². The summed E-state index contributed by atoms with van der Waals surface area (Å²) in [6, 6.07) is 4.95. The van der Waals surface area contributed by atoms with Crippen molar-refractivity contribution in [1.82, 2.24) is 5.32 Å². The fourth-order valence-corrected chi connectivity index (χ4v) is 1.43. The maximum atomic E-state index is 10.9. The van der Waals surface area contributed by atoms with Gasteiger partial charge in [-0.2, -0.15) is 0 Å². The van der Waals surface area contributed by atoms with E-state index in [1.165, 1.54) is 0 Å². The van der Waals surface area contributed by atoms with Crippen molar-refractivity contribution < 1.29 is 9.53 Å². The highest BCUT2D eigenvalue weighted by Gasteiger charge is 2.03. The summed E-state index contributed by atoms with van der Waals surface area (Å²) in [5.74, 6) is 0.463. The van der Waals surface area contributed by atoms with E-state index in [0.717, 1.165) is 0 Å². The Labute approximate surface area is 98.3 Å². The first-order valence-corrected chi connectivity index (χ1v) is 5.17. The Hall–Kier alpha value is -0.930. The lowest BCUT2D eigenvalue weighted by Crippen LogP contribution is -2.20. The molecule has 0 atom stereocenters. The van der Waals surface area contributed by atoms with Crippen LogP contribution in [0.5, 0.6) is 5.75 Å². The van der Waals surface area contributed by atoms with Gasteiger partial charge in [0.1, 0.15) is 5.75 Å². The van der Waals surface area contributed by atoms with Crippen molar-refractivity contribution >= 4 is 29.1 Å². The highest BCUT2D eigenvalue weighted by Crippen LogP contribution is 2.27. The van der Waals surface area contributed by atoms with Crippen LogP contribution in [0.15, 0.2) is 18.2 Å². The summed E-state index contributed by atoms with van der Waals surface area (Å²) >= 11 is 11.6. The van der Waals surface area contributed by atoms with Crippen molar-refractivity contribution in [1.29, 1.82) is 0 Å². The summed E-state index contributed by atoms with van der Waals surface area (Å²) in [6.07, 6.45) is 0.301. The molecule has 15 heavy (non-hydrogen) atoms. The van der Waals surface area contributed by atoms with E-state index in [1.807, 2.05) is 0 Å². The number of nitrogens with one attached hydrogen (secondary N) is 1. The Balaban J connectivity index is 2.47. The van der Waals surface area contributed by atoms with Gasteiger partial charge in [0, 0.05) is 12.1 Å². The minimum atomic E-state index is -0.0694. The molecule has 1 rings (SSSR count). The zero-order valence-electron chi connectivity index (χ0n) is 8.22. The van der Waals surface area contributed by atoms with Gasteiger partial charge in [-0.1, -0.05) is 23.2 Å². The van der Waals surface area contributed by atoms with Crippen LogP contribution in [0.25, 0.3) is 0 Å². The van der Waals surface area contributed by atoms with Crippen molar-refractivity contribution in [3.8, 4) is 5.75 Å². The largest absolute Gasteiger partial charge is 0.491 e. The number of hydrogen-bond donors (Lipinski definition) is 1. The smallest absolute Gasteiger partial charge is 0.223 e. The molecule has 0 fully saturated rings. The third kappa shape index (κ3) is 3.98. The fraction of sp³-hybridized carbons (Fsp3) is 0.300. The molecule has 0 aliphatic rings. The second-order valence-electron chi connectivity index (χ2n) is 2.85. The van der Waals surface area contributed by atoms with E-state index in [4.69, 9.17) is 27.9 Å². The van der Waals surface area contributed by atoms with Crippen LogP contribution in [0.2, 0.25) is 10.0 Å². The first-order chi connectivity index (χ1) is 7.13. The molecular weight excluding hydrogens is 237 g/mol. The number of ether oxygens (including phenoxy) is 1. The molecule has 82 valence electrons. The molecule has 0 saturated carbocycles. The SMILES string of the molecule is CNC(=O)CCOc1ccc(Cl)cc1Cl. The molecule has 1 aromatic carbocycles. The van der Waals surface area contributed by atoms with E-state index in [-0.39, 0.29) is 5.91 Å². The highest BCUT2D eigenvalue weighted by molar-refractivity contribution is 6.35. The van der Waals surface area contributed by atoms with E-state index in [9.17, 15) is 4.79 Å². The summed E-state index contributed by atoms with van der Waals surface area (Å²) in [7, 11) is 1.58. The van der Waals surface area contributed by atoms with Crippen LogP contribution >= 0.6 is 23.2 Å². The Morgan fingerprint density at radius 2 is 2.20 bits per heavy atom. The first kappa shape index (κ1) is 12.1. The van der Waals surface area contributed by atoms with Gasteiger partial charge in [-0.25, -0.2) is 0 Å². The van der Waals surface area contributed by atoms with Crippen LogP contribution < -0.4 is 10.1 Å². The Morgan fingerprint density at radius 3 is 2.80 bits per heavy atom. The van der Waals surface area contributed by atoms with Crippen molar-refractivity contribution in [2.24, 2.45) is 0 Å². The number of benzene rings is 1. The van der Waals surface area contributed by atoms with Crippen LogP contribution in [0, 0.1) is 0 Å². The standard InChI is InChI=1S/C10H11Cl2NO2/c1-13-10(14)4-5-15-9-3-2-7(11)6-8(9)12/h2-3,6H,4-5H2,1H3,(H,13,14). The highest BCUT2D eigenvalue weighted by atomic mass is 35.5. The van der Waals surface area contributed by atoms with Crippen LogP contribution in [-0.2, 0) is 4.79 Å². The number of carbonyl (C=O) groups excluding carboxylic acids is 1. The van der Waals surface area contributed by atoms with Crippen molar-refractivity contribution in [2.45, 2.75) is 6.42 Å². The number of carbonyl (C=O) groups is 1. The maximum absolute atomic E-state index is 10.9. The molecule has 0 radical (unpaired) electrons. The Kier molecular flexibility index (Phi) is 4.72. The lowest BCUT2D eigenvalue weighted by molar-refractivity contribution is -0.121. The minimum absolute atomic E-state index is 0.0694. The number of rotatable bonds is 4. The Bertz CT molecular complexity index is 355. The van der Waals surface area contributed by atoms with E-state index in [2.05, 4.69) is 5.32 Å². The molecule has 0 saturated heterocycles. The lowest BCUT2D eigenvalue weighted by atomic mass is 10.3. The average Bonchev–Trinajstić information content (AvgIpc) is 2.21. The summed E-state index contributed by atoms with van der Waals surface area (Å²) < 4.78 is 5.31. The molecule has 0 bridgehead atoms. The topological polar surface area (TPSA) is 38.3 Å². The van der Waals surface area contributed by atoms with E-state index < -0.39 is 0 Å². The van der Waals surface area contributed by atoms with Crippen molar-refractivity contribution in [3.63, 3.8) is 0 Å². The zero-order valence-corrected chi connectivity index (χ0v) is 9.73. The monoisotopic (exact) mass is 247 g/mol. The number of amides is 1. The van der Waals surface area contributed by atoms with Gasteiger partial charge in [0.15, 0.2) is 0 Å². The number of hydrogen-bond acceptors (Lipinski definition) is 2. The van der Waals surface area contributed by atoms with Gasteiger partial charge < -0.3 is 10.1 Å². The molecule has 0 heterocycles. The summed E-state index contributed by atoms with van der Waals surface area (Å²) in [5.41, 5.74) is 0. The molecule has 0 aliphatic heterocycles. The molecule has 1 amide bonds. The molecule has 0 spiro atoms. The van der Waals surface area contributed by atoms with Gasteiger partial charge in [-0.3, -0.25) is 4.79 Å².